The molecule has 1 amide bonds. The molecule has 1 aromatic carbocycles. The number of nitrogens with one attached hydrogen (secondary N) is 1. The summed E-state index contributed by atoms with van der Waals surface area (Å²) in [6.45, 7) is 2.86. The third-order valence-electron chi connectivity index (χ3n) is 3.62. The minimum Gasteiger partial charge on any atom is -0.380 e. The quantitative estimate of drug-likeness (QED) is 0.798. The summed E-state index contributed by atoms with van der Waals surface area (Å²) in [6.07, 6.45) is 0.924. The van der Waals surface area contributed by atoms with Gasteiger partial charge in [0.15, 0.2) is 0 Å². The van der Waals surface area contributed by atoms with Crippen molar-refractivity contribution in [1.82, 2.24) is 0 Å². The molecule has 1 N–H and O–H groups in total. The zero-order chi connectivity index (χ0) is 12.0. The molecule has 2 heterocycles. The Morgan fingerprint density at radius 2 is 2.29 bits per heavy atom. The van der Waals surface area contributed by atoms with E-state index in [-0.39, 0.29) is 18.1 Å². The van der Waals surface area contributed by atoms with E-state index >= 15 is 0 Å². The van der Waals surface area contributed by atoms with E-state index in [1.807, 2.05) is 12.1 Å². The summed E-state index contributed by atoms with van der Waals surface area (Å²) in [6, 6.07) is 6.04. The average molecular weight is 232 g/mol. The first kappa shape index (κ1) is 10.6. The Balaban J connectivity index is 2.03. The van der Waals surface area contributed by atoms with E-state index < -0.39 is 0 Å². The van der Waals surface area contributed by atoms with E-state index in [0.29, 0.717) is 0 Å². The van der Waals surface area contributed by atoms with Crippen LogP contribution in [0.4, 0.5) is 11.4 Å². The van der Waals surface area contributed by atoms with Crippen molar-refractivity contribution in [2.45, 2.75) is 25.5 Å². The zero-order valence-electron chi connectivity index (χ0n) is 10.1. The number of carbonyl (C=O) groups is 1. The van der Waals surface area contributed by atoms with Crippen LogP contribution in [0.15, 0.2) is 18.2 Å². The van der Waals surface area contributed by atoms with E-state index in [2.05, 4.69) is 23.2 Å². The summed E-state index contributed by atoms with van der Waals surface area (Å²) in [5, 5.41) is 2.97. The van der Waals surface area contributed by atoms with Crippen LogP contribution in [0.25, 0.3) is 0 Å². The zero-order valence-corrected chi connectivity index (χ0v) is 10.1. The van der Waals surface area contributed by atoms with Crippen molar-refractivity contribution in [2.24, 2.45) is 0 Å². The SMILES string of the molecule is COC1CC2C(=O)Nc3ccc(C)cc3N2C1. The first-order valence-electron chi connectivity index (χ1n) is 5.90. The number of hydrogen-bond acceptors (Lipinski definition) is 3. The predicted octanol–water partition coefficient (Wildman–Crippen LogP) is 1.54. The third kappa shape index (κ3) is 1.60. The third-order valence-corrected chi connectivity index (χ3v) is 3.62. The second kappa shape index (κ2) is 3.74. The van der Waals surface area contributed by atoms with Crippen LogP contribution in [0.2, 0.25) is 0 Å². The van der Waals surface area contributed by atoms with Gasteiger partial charge in [0.25, 0.3) is 0 Å². The molecule has 2 aliphatic rings. The fourth-order valence-corrected chi connectivity index (χ4v) is 2.68. The normalized spacial score (nSPS) is 26.5. The van der Waals surface area contributed by atoms with E-state index in [9.17, 15) is 4.79 Å². The molecular weight excluding hydrogens is 216 g/mol. The number of anilines is 2. The Hall–Kier alpha value is -1.55. The van der Waals surface area contributed by atoms with Gasteiger partial charge in [0.1, 0.15) is 6.04 Å². The number of ether oxygens (including phenoxy) is 1. The Morgan fingerprint density at radius 1 is 1.47 bits per heavy atom. The number of hydrogen-bond donors (Lipinski definition) is 1. The number of benzene rings is 1. The molecule has 2 atom stereocenters. The second-order valence-corrected chi connectivity index (χ2v) is 4.77. The second-order valence-electron chi connectivity index (χ2n) is 4.77. The lowest BCUT2D eigenvalue weighted by atomic mass is 10.1. The van der Waals surface area contributed by atoms with Crippen LogP contribution >= 0.6 is 0 Å². The maximum atomic E-state index is 12.0. The molecule has 90 valence electrons. The smallest absolute Gasteiger partial charge is 0.247 e. The summed E-state index contributed by atoms with van der Waals surface area (Å²) in [5.41, 5.74) is 3.24. The number of amides is 1. The molecule has 0 aromatic heterocycles. The lowest BCUT2D eigenvalue weighted by Gasteiger charge is -2.32. The van der Waals surface area contributed by atoms with Gasteiger partial charge in [-0.25, -0.2) is 0 Å². The van der Waals surface area contributed by atoms with Crippen molar-refractivity contribution < 1.29 is 9.53 Å². The van der Waals surface area contributed by atoms with Crippen LogP contribution in [0.3, 0.4) is 0 Å². The van der Waals surface area contributed by atoms with Gasteiger partial charge in [-0.1, -0.05) is 6.07 Å². The summed E-state index contributed by atoms with van der Waals surface area (Å²) in [7, 11) is 1.71. The van der Waals surface area contributed by atoms with Crippen LogP contribution < -0.4 is 10.2 Å². The molecule has 0 aliphatic carbocycles. The number of aryl methyl sites for hydroxylation is 1. The highest BCUT2D eigenvalue weighted by Crippen LogP contribution is 2.37. The number of carbonyl (C=O) groups excluding carboxylic acids is 1. The lowest BCUT2D eigenvalue weighted by Crippen LogP contribution is -2.43. The Morgan fingerprint density at radius 3 is 3.06 bits per heavy atom. The van der Waals surface area contributed by atoms with Crippen molar-refractivity contribution in [1.29, 1.82) is 0 Å². The van der Waals surface area contributed by atoms with Gasteiger partial charge in [-0.05, 0) is 24.6 Å². The molecule has 1 fully saturated rings. The minimum atomic E-state index is -0.0748. The molecule has 4 heteroatoms. The number of nitrogens with zero attached hydrogens (tertiary/aromatic N) is 1. The molecule has 2 aliphatic heterocycles. The Labute approximate surface area is 101 Å². The molecule has 0 bridgehead atoms. The molecule has 17 heavy (non-hydrogen) atoms. The first-order chi connectivity index (χ1) is 8.19. The van der Waals surface area contributed by atoms with E-state index in [1.54, 1.807) is 7.11 Å². The monoisotopic (exact) mass is 232 g/mol. The maximum absolute atomic E-state index is 12.0. The lowest BCUT2D eigenvalue weighted by molar-refractivity contribution is -0.117. The fraction of sp³-hybridized carbons (Fsp3) is 0.462. The largest absolute Gasteiger partial charge is 0.380 e. The molecule has 4 nitrogen and oxygen atoms in total. The van der Waals surface area contributed by atoms with Gasteiger partial charge in [0.05, 0.1) is 17.5 Å². The highest BCUT2D eigenvalue weighted by Gasteiger charge is 2.40. The Kier molecular flexibility index (Phi) is 2.33. The van der Waals surface area contributed by atoms with Gasteiger partial charge >= 0.3 is 0 Å². The minimum absolute atomic E-state index is 0.0748. The van der Waals surface area contributed by atoms with Crippen LogP contribution in [0, 0.1) is 6.92 Å². The van der Waals surface area contributed by atoms with Crippen molar-refractivity contribution in [3.05, 3.63) is 23.8 Å². The molecule has 2 unspecified atom stereocenters. The fourth-order valence-electron chi connectivity index (χ4n) is 2.68. The van der Waals surface area contributed by atoms with Crippen LogP contribution in [0.5, 0.6) is 0 Å². The molecule has 3 rings (SSSR count). The number of methoxy groups -OCH3 is 1. The standard InChI is InChI=1S/C13H16N2O2/c1-8-3-4-10-11(5-8)15-7-9(17-2)6-12(15)13(16)14-10/h3-5,9,12H,6-7H2,1-2H3,(H,14,16). The van der Waals surface area contributed by atoms with Crippen molar-refractivity contribution in [2.75, 3.05) is 23.9 Å². The van der Waals surface area contributed by atoms with Crippen LogP contribution in [0.1, 0.15) is 12.0 Å². The van der Waals surface area contributed by atoms with E-state index in [4.69, 9.17) is 4.74 Å². The molecule has 0 spiro atoms. The molecule has 0 saturated carbocycles. The molecular formula is C13H16N2O2. The van der Waals surface area contributed by atoms with Crippen molar-refractivity contribution in [3.63, 3.8) is 0 Å². The van der Waals surface area contributed by atoms with Gasteiger partial charge in [-0.3, -0.25) is 4.79 Å². The molecule has 0 radical (unpaired) electrons. The Bertz CT molecular complexity index is 472. The van der Waals surface area contributed by atoms with Crippen LogP contribution in [-0.4, -0.2) is 31.7 Å². The van der Waals surface area contributed by atoms with Gasteiger partial charge in [0.2, 0.25) is 5.91 Å². The first-order valence-corrected chi connectivity index (χ1v) is 5.90. The van der Waals surface area contributed by atoms with E-state index in [1.165, 1.54) is 5.56 Å². The van der Waals surface area contributed by atoms with Crippen LogP contribution in [-0.2, 0) is 9.53 Å². The molecule has 1 saturated heterocycles. The summed E-state index contributed by atoms with van der Waals surface area (Å²) in [4.78, 5) is 14.1. The molecule has 1 aromatic rings. The van der Waals surface area contributed by atoms with Gasteiger partial charge in [-0.15, -0.1) is 0 Å². The number of fused-ring (bicyclic) bond motifs is 3. The van der Waals surface area contributed by atoms with Gasteiger partial charge in [-0.2, -0.15) is 0 Å². The average Bonchev–Trinajstić information content (AvgIpc) is 2.75. The number of rotatable bonds is 1. The summed E-state index contributed by atoms with van der Waals surface area (Å²) in [5.74, 6) is 0.0842. The highest BCUT2D eigenvalue weighted by atomic mass is 16.5. The van der Waals surface area contributed by atoms with Gasteiger partial charge < -0.3 is 15.0 Å². The topological polar surface area (TPSA) is 41.6 Å². The van der Waals surface area contributed by atoms with E-state index in [0.717, 1.165) is 24.3 Å². The van der Waals surface area contributed by atoms with Crippen molar-refractivity contribution in [3.8, 4) is 0 Å². The summed E-state index contributed by atoms with van der Waals surface area (Å²) >= 11 is 0. The summed E-state index contributed by atoms with van der Waals surface area (Å²) < 4.78 is 5.37. The highest BCUT2D eigenvalue weighted by molar-refractivity contribution is 6.04. The van der Waals surface area contributed by atoms with Crippen molar-refractivity contribution >= 4 is 17.3 Å². The van der Waals surface area contributed by atoms with Gasteiger partial charge in [0, 0.05) is 20.1 Å². The predicted molar refractivity (Wildman–Crippen MR) is 66.4 cm³/mol. The maximum Gasteiger partial charge on any atom is 0.247 e.